The van der Waals surface area contributed by atoms with Crippen LogP contribution >= 0.6 is 0 Å². The number of alkyl halides is 3. The summed E-state index contributed by atoms with van der Waals surface area (Å²) in [7, 11) is 0. The second-order valence-corrected chi connectivity index (χ2v) is 36.7. The molecule has 25 rings (SSSR count). The molecule has 1 unspecified atom stereocenters. The quantitative estimate of drug-likeness (QED) is 0.0632. The molecule has 10 bridgehead atoms. The minimum atomic E-state index is -4.46. The maximum atomic E-state index is 13.4. The number of pyridine rings is 8. The molecule has 13 aromatic heterocycles. The molecule has 0 spiro atoms. The van der Waals surface area contributed by atoms with E-state index in [1.165, 1.54) is 23.8 Å². The highest BCUT2D eigenvalue weighted by atomic mass is 19.4. The third-order valence-corrected chi connectivity index (χ3v) is 27.3. The zero-order valence-corrected chi connectivity index (χ0v) is 78.7. The van der Waals surface area contributed by atoms with Crippen LogP contribution in [0, 0.1) is 27.7 Å². The predicted molar refractivity (Wildman–Crippen MR) is 530 cm³/mol. The lowest BCUT2D eigenvalue weighted by atomic mass is 10.1. The normalized spacial score (nSPS) is 20.0. The van der Waals surface area contributed by atoms with Crippen molar-refractivity contribution in [2.24, 2.45) is 0 Å². The lowest BCUT2D eigenvalue weighted by Crippen LogP contribution is -2.54. The van der Waals surface area contributed by atoms with E-state index in [1.807, 2.05) is 129 Å². The molecule has 0 aromatic carbocycles. The first-order valence-corrected chi connectivity index (χ1v) is 47.9. The lowest BCUT2D eigenvalue weighted by molar-refractivity contribution is -0.122. The molecule has 7 N–H and O–H groups in total. The van der Waals surface area contributed by atoms with Gasteiger partial charge in [-0.05, 0) is 182 Å². The first kappa shape index (κ1) is 92.3. The van der Waals surface area contributed by atoms with Gasteiger partial charge in [0.05, 0.1) is 126 Å². The van der Waals surface area contributed by atoms with Crippen LogP contribution < -0.4 is 80.5 Å². The number of nitrogens with one attached hydrogen (secondary N) is 7. The number of carbonyl (C=O) groups is 5. The zero-order chi connectivity index (χ0) is 97.4. The summed E-state index contributed by atoms with van der Waals surface area (Å²) in [6, 6.07) is 32.3. The van der Waals surface area contributed by atoms with Crippen LogP contribution in [0.3, 0.4) is 0 Å². The van der Waals surface area contributed by atoms with Gasteiger partial charge in [-0.3, -0.25) is 70.5 Å². The van der Waals surface area contributed by atoms with Crippen LogP contribution in [-0.4, -0.2) is 274 Å². The lowest BCUT2D eigenvalue weighted by Gasteiger charge is -2.38. The Labute approximate surface area is 814 Å². The van der Waals surface area contributed by atoms with Crippen molar-refractivity contribution in [3.05, 3.63) is 194 Å². The van der Waals surface area contributed by atoms with Gasteiger partial charge in [-0.1, -0.05) is 6.92 Å². The molecule has 10 amide bonds. The molecule has 0 aliphatic carbocycles. The number of fused-ring (bicyclic) bond motifs is 21. The molecule has 0 radical (unpaired) electrons. The molecular weight excluding hydrogens is 1820 g/mol. The number of morpholine rings is 1. The van der Waals surface area contributed by atoms with E-state index < -0.39 is 18.8 Å². The van der Waals surface area contributed by atoms with Crippen LogP contribution in [-0.2, 0) is 9.47 Å². The van der Waals surface area contributed by atoms with Gasteiger partial charge in [-0.25, -0.2) is 73.8 Å². The van der Waals surface area contributed by atoms with Crippen LogP contribution in [0.1, 0.15) is 81.1 Å². The van der Waals surface area contributed by atoms with Gasteiger partial charge >= 0.3 is 36.3 Å². The average Bonchev–Trinajstić information content (AvgIpc) is 1.59. The first-order chi connectivity index (χ1) is 69.1. The Kier molecular flexibility index (Phi) is 25.8. The van der Waals surface area contributed by atoms with Crippen LogP contribution in [0.2, 0.25) is 0 Å². The van der Waals surface area contributed by atoms with Gasteiger partial charge in [-0.2, -0.15) is 18.3 Å². The summed E-state index contributed by atoms with van der Waals surface area (Å²) in [4.78, 5) is 156. The summed E-state index contributed by atoms with van der Waals surface area (Å²) in [6.45, 7) is 20.6. The van der Waals surface area contributed by atoms with Crippen molar-refractivity contribution in [1.82, 2.24) is 101 Å². The van der Waals surface area contributed by atoms with Crippen LogP contribution in [0.4, 0.5) is 118 Å². The molecule has 7 atom stereocenters. The van der Waals surface area contributed by atoms with Crippen molar-refractivity contribution in [3.8, 4) is 45.2 Å². The number of H-pyrrole nitrogens is 2. The summed E-state index contributed by atoms with van der Waals surface area (Å²) < 4.78 is 48.9. The second-order valence-electron chi connectivity index (χ2n) is 36.7. The fourth-order valence-electron chi connectivity index (χ4n) is 20.3. The third-order valence-electron chi connectivity index (χ3n) is 27.3. The minimum Gasteiger partial charge on any atom is -0.379 e. The van der Waals surface area contributed by atoms with E-state index in [0.29, 0.717) is 77.9 Å². The van der Waals surface area contributed by atoms with E-state index in [9.17, 15) is 37.1 Å². The molecule has 730 valence electrons. The number of hydrogen-bond donors (Lipinski definition) is 7. The van der Waals surface area contributed by atoms with Crippen LogP contribution in [0.5, 0.6) is 0 Å². The zero-order valence-electron chi connectivity index (χ0n) is 78.7. The topological polar surface area (TPSA) is 437 Å². The molecule has 7 saturated heterocycles. The van der Waals surface area contributed by atoms with E-state index in [4.69, 9.17) is 29.4 Å². The van der Waals surface area contributed by atoms with Crippen molar-refractivity contribution >= 4 is 122 Å². The number of urea groups is 5. The summed E-state index contributed by atoms with van der Waals surface area (Å²) in [6.07, 6.45) is 20.6. The standard InChI is InChI=1S/C21H19N9O.C21H25N5O2.C20H25N7O2.C18H18F3N5O.C18H18N8O/c1-12-8-13(4-6-22-12)15-2-3-16-20(27-15)30(14-5-7-29(16)9-14)21(31)28-19-17-18(24-10-23-17)25-11-26-19;1-14-4-5-15(11-22-14)18-6-7-19-20(24-18)26(17-8-9-25(19)12-17)21(27)23-16-3-2-10-28-13-16;1-2-15-13-26(9-10-29-15)18-4-3-16-19(24-18)27(14-5-8-25(16)12-14)20(28)23-17-11-21-6-7-22-17;1-11-2-3-12(8-22-11)14-4-5-15-16(24-14)26(13-6-7-25(15)9-13)17(27)23-10-18(19,20)21;1-11-8-14(24-23-11)13-2-3-15-17(21-13)26(12-4-7-25(15)10-12)18(27)22-16-9-19-5-6-20-16/h2-4,6,8,10-11,14H,5,7,9H2,1H3,(H2,23,24,25,26,28,31);4-7,11,16-17H,2-3,8-10,12-13H2,1H3,(H,23,27);3-4,6-7,11,14-15H,2,5,8-10,12-13H2,1H3,(H,22,23,28);2-5,8,13H,6-7,9-10H2,1H3,(H,23,27);2-3,5-6,8-9,12H,4,7,10H2,1H3,(H,23,24)(H,20,22,27)/t14-;16?,17-;14-,15+;13-;12-/m00000/s1. The number of aromatic nitrogens is 18. The Balaban J connectivity index is 0.000000105. The van der Waals surface area contributed by atoms with E-state index in [-0.39, 0.29) is 66.5 Å². The number of anilines is 14. The Morgan fingerprint density at radius 2 is 0.930 bits per heavy atom. The SMILES string of the molecule is CC[C@@H]1CN(c2ccc3c(n2)N(C(=O)Nc2cnccn2)[C@H]2CCN3C2)CCO1.Cc1cc(-c2ccc3c(n2)N(C(=O)Nc2cnccn2)[C@H]2CCN3C2)n[nH]1.Cc1cc(-c2ccc3c(n2)N(C(=O)Nc2ncnc4nc[nH]c24)[C@H]2CCN3C2)ccn1.Cc1ccc(-c2ccc3c(n2)N(C(=O)NC2CCCOC2)[C@H]2CCN3C2)cn1.Cc1ccc(-c2ccc3c(n2)N(C(=O)NCC(F)(F)F)[C@H]2CCN3C2)cn1. The highest BCUT2D eigenvalue weighted by Gasteiger charge is 2.47. The monoisotopic (exact) mass is 1930 g/mol. The Hall–Kier alpha value is -16.0. The summed E-state index contributed by atoms with van der Waals surface area (Å²) in [5, 5.41) is 21.0. The van der Waals surface area contributed by atoms with Gasteiger partial charge in [-0.15, -0.1) is 0 Å². The van der Waals surface area contributed by atoms with E-state index in [1.54, 1.807) is 58.1 Å². The van der Waals surface area contributed by atoms with Crippen molar-refractivity contribution in [2.75, 3.05) is 175 Å². The Morgan fingerprint density at radius 1 is 0.437 bits per heavy atom. The highest BCUT2D eigenvalue weighted by molar-refractivity contribution is 6.08. The Bertz CT molecular complexity index is 6830. The van der Waals surface area contributed by atoms with Gasteiger partial charge in [0, 0.05) is 168 Å². The Morgan fingerprint density at radius 3 is 1.40 bits per heavy atom. The largest absolute Gasteiger partial charge is 0.405 e. The molecule has 41 nitrogen and oxygen atoms in total. The van der Waals surface area contributed by atoms with Crippen molar-refractivity contribution in [2.45, 2.75) is 135 Å². The summed E-state index contributed by atoms with van der Waals surface area (Å²) in [5.74, 6) is 5.33. The second kappa shape index (κ2) is 39.7. The molecule has 12 aliphatic rings. The number of nitrogens with zero attached hydrogens (tertiary/aromatic N) is 27. The fraction of sp³-hybridized carbons (Fsp3) is 0.378. The first-order valence-electron chi connectivity index (χ1n) is 47.9. The summed E-state index contributed by atoms with van der Waals surface area (Å²) in [5.41, 5.74) is 16.0. The molecule has 44 heteroatoms. The van der Waals surface area contributed by atoms with Gasteiger partial charge in [0.15, 0.2) is 52.2 Å². The third kappa shape index (κ3) is 19.4. The molecule has 13 aromatic rings. The van der Waals surface area contributed by atoms with Gasteiger partial charge in [0.2, 0.25) is 0 Å². The van der Waals surface area contributed by atoms with Gasteiger partial charge in [0.1, 0.15) is 29.9 Å². The van der Waals surface area contributed by atoms with Gasteiger partial charge < -0.3 is 54.5 Å². The number of rotatable bonds is 11. The van der Waals surface area contributed by atoms with Crippen LogP contribution in [0.25, 0.3) is 56.3 Å². The highest BCUT2D eigenvalue weighted by Crippen LogP contribution is 2.47. The maximum Gasteiger partial charge on any atom is 0.405 e. The average molecular weight is 1930 g/mol. The smallest absolute Gasteiger partial charge is 0.379 e. The minimum absolute atomic E-state index is 0.0496. The van der Waals surface area contributed by atoms with Crippen molar-refractivity contribution in [3.63, 3.8) is 0 Å². The van der Waals surface area contributed by atoms with E-state index in [2.05, 4.69) is 146 Å². The molecule has 7 fully saturated rings. The number of ether oxygens (including phenoxy) is 2. The molecule has 142 heavy (non-hydrogen) atoms. The van der Waals surface area contributed by atoms with Gasteiger partial charge in [0.25, 0.3) is 0 Å². The molecule has 12 aliphatic heterocycles. The number of halogens is 3. The number of hydrogen-bond acceptors (Lipinski definition) is 29. The summed E-state index contributed by atoms with van der Waals surface area (Å²) >= 11 is 0. The molecule has 0 saturated carbocycles. The number of aromatic amines is 2. The number of amides is 10. The van der Waals surface area contributed by atoms with Crippen LogP contribution in [0.15, 0.2) is 172 Å². The maximum absolute atomic E-state index is 13.4. The predicted octanol–water partition coefficient (Wildman–Crippen LogP) is 12.9. The van der Waals surface area contributed by atoms with Crippen molar-refractivity contribution in [1.29, 1.82) is 0 Å². The van der Waals surface area contributed by atoms with E-state index >= 15 is 0 Å². The number of carbonyl (C=O) groups excluding carboxylic acids is 5. The molecular formula is C98H105F3N34O7. The molecule has 25 heterocycles. The van der Waals surface area contributed by atoms with E-state index in [0.717, 1.165) is 232 Å². The number of aryl methyl sites for hydroxylation is 4. The van der Waals surface area contributed by atoms with Crippen molar-refractivity contribution < 1.29 is 46.6 Å². The number of imidazole rings is 1. The fourth-order valence-corrected chi connectivity index (χ4v) is 20.3.